The minimum absolute atomic E-state index is 0.250. The van der Waals surface area contributed by atoms with E-state index in [4.69, 9.17) is 0 Å². The third-order valence-electron chi connectivity index (χ3n) is 0.861. The van der Waals surface area contributed by atoms with Gasteiger partial charge in [0.25, 0.3) is 0 Å². The van der Waals surface area contributed by atoms with Gasteiger partial charge >= 0.3 is 0 Å². The summed E-state index contributed by atoms with van der Waals surface area (Å²) in [7, 11) is 0. The summed E-state index contributed by atoms with van der Waals surface area (Å²) in [5, 5.41) is 0. The van der Waals surface area contributed by atoms with Crippen LogP contribution in [0.3, 0.4) is 0 Å². The summed E-state index contributed by atoms with van der Waals surface area (Å²) in [4.78, 5) is 9.47. The Morgan fingerprint density at radius 2 is 2.38 bits per heavy atom. The highest BCUT2D eigenvalue weighted by molar-refractivity contribution is 5.48. The van der Waals surface area contributed by atoms with E-state index in [0.717, 1.165) is 12.8 Å². The van der Waals surface area contributed by atoms with Crippen molar-refractivity contribution in [3.63, 3.8) is 0 Å². The second-order valence-electron chi connectivity index (χ2n) is 1.61. The molecule has 0 amide bonds. The maximum absolute atomic E-state index is 11.8. The van der Waals surface area contributed by atoms with Gasteiger partial charge in [-0.3, -0.25) is 0 Å². The first-order valence-electron chi connectivity index (χ1n) is 2.70. The molecule has 0 aromatic heterocycles. The molecule has 0 N–H and O–H groups in total. The van der Waals surface area contributed by atoms with Crippen molar-refractivity contribution in [2.75, 3.05) is 0 Å². The average Bonchev–Trinajstić information content (AvgIpc) is 1.83. The smallest absolute Gasteiger partial charge is 0.183 e. The topological polar surface area (TPSA) is 17.1 Å². The van der Waals surface area contributed by atoms with Crippen LogP contribution in [0.25, 0.3) is 0 Å². The van der Waals surface area contributed by atoms with Crippen LogP contribution in [0.1, 0.15) is 26.2 Å². The lowest BCUT2D eigenvalue weighted by Crippen LogP contribution is -1.74. The van der Waals surface area contributed by atoms with Crippen molar-refractivity contribution < 1.29 is 9.18 Å². The van der Waals surface area contributed by atoms with Crippen LogP contribution in [0.2, 0.25) is 0 Å². The summed E-state index contributed by atoms with van der Waals surface area (Å²) < 4.78 is 11.8. The van der Waals surface area contributed by atoms with Crippen molar-refractivity contribution in [1.82, 2.24) is 0 Å². The fourth-order valence-electron chi connectivity index (χ4n) is 0.383. The largest absolute Gasteiger partial charge is 0.231 e. The Hall–Kier alpha value is -0.620. The molecule has 0 aromatic rings. The van der Waals surface area contributed by atoms with Gasteiger partial charge in [-0.15, -0.1) is 0 Å². The lowest BCUT2D eigenvalue weighted by atomic mass is 10.2. The van der Waals surface area contributed by atoms with Gasteiger partial charge in [-0.2, -0.15) is 4.39 Å². The number of hydrogen-bond acceptors (Lipinski definition) is 1. The van der Waals surface area contributed by atoms with Crippen molar-refractivity contribution >= 4 is 5.94 Å². The van der Waals surface area contributed by atoms with Gasteiger partial charge in [0, 0.05) is 6.42 Å². The van der Waals surface area contributed by atoms with Gasteiger partial charge in [0.2, 0.25) is 0 Å². The number of halogens is 1. The number of rotatable bonds is 3. The Kier molecular flexibility index (Phi) is 4.19. The van der Waals surface area contributed by atoms with Gasteiger partial charge in [0.15, 0.2) is 11.8 Å². The number of unbranched alkanes of at least 4 members (excludes halogenated alkanes) is 1. The molecule has 0 unspecified atom stereocenters. The van der Waals surface area contributed by atoms with Crippen molar-refractivity contribution in [1.29, 1.82) is 0 Å². The summed E-state index contributed by atoms with van der Waals surface area (Å²) in [5.74, 6) is 0.539. The summed E-state index contributed by atoms with van der Waals surface area (Å²) in [6.07, 6.45) is 1.90. The first-order chi connectivity index (χ1) is 3.81. The van der Waals surface area contributed by atoms with Crippen LogP contribution in [0.15, 0.2) is 5.83 Å². The summed E-state index contributed by atoms with van der Waals surface area (Å²) >= 11 is 0. The third-order valence-corrected chi connectivity index (χ3v) is 0.861. The Morgan fingerprint density at radius 1 is 1.75 bits per heavy atom. The molecule has 0 heterocycles. The molecule has 0 bridgehead atoms. The standard InChI is InChI=1S/C6H9FO/c1-2-3-4-6(7)5-8/h2-4H2,1H3. The predicted octanol–water partition coefficient (Wildman–Crippen LogP) is 1.86. The molecule has 0 aliphatic rings. The van der Waals surface area contributed by atoms with Gasteiger partial charge in [0.1, 0.15) is 0 Å². The van der Waals surface area contributed by atoms with Crippen LogP contribution in [0.5, 0.6) is 0 Å². The molecular weight excluding hydrogens is 107 g/mol. The molecule has 0 spiro atoms. The molecule has 0 aliphatic carbocycles. The summed E-state index contributed by atoms with van der Waals surface area (Å²) in [6, 6.07) is 0. The van der Waals surface area contributed by atoms with Crippen LogP contribution in [-0.2, 0) is 4.79 Å². The second kappa shape index (κ2) is 4.54. The molecule has 0 fully saturated rings. The van der Waals surface area contributed by atoms with E-state index < -0.39 is 5.83 Å². The van der Waals surface area contributed by atoms with Gasteiger partial charge in [-0.25, -0.2) is 4.79 Å². The molecule has 0 saturated carbocycles. The van der Waals surface area contributed by atoms with E-state index in [0.29, 0.717) is 0 Å². The Balaban J connectivity index is 3.26. The minimum Gasteiger partial charge on any atom is -0.231 e. The quantitative estimate of drug-likeness (QED) is 0.514. The molecule has 0 radical (unpaired) electrons. The van der Waals surface area contributed by atoms with Gasteiger partial charge < -0.3 is 0 Å². The van der Waals surface area contributed by atoms with Crippen LogP contribution in [0, 0.1) is 0 Å². The molecule has 2 heteroatoms. The second-order valence-corrected chi connectivity index (χ2v) is 1.61. The van der Waals surface area contributed by atoms with E-state index in [2.05, 4.69) is 0 Å². The number of carbonyl (C=O) groups excluding carboxylic acids is 1. The van der Waals surface area contributed by atoms with Crippen molar-refractivity contribution in [3.8, 4) is 0 Å². The summed E-state index contributed by atoms with van der Waals surface area (Å²) in [6.45, 7) is 1.94. The molecule has 0 atom stereocenters. The highest BCUT2D eigenvalue weighted by atomic mass is 19.1. The van der Waals surface area contributed by atoms with Crippen molar-refractivity contribution in [2.24, 2.45) is 0 Å². The van der Waals surface area contributed by atoms with Gasteiger partial charge in [-0.05, 0) is 6.42 Å². The van der Waals surface area contributed by atoms with E-state index in [1.807, 2.05) is 6.92 Å². The van der Waals surface area contributed by atoms with Crippen LogP contribution in [0.4, 0.5) is 4.39 Å². The maximum atomic E-state index is 11.8. The van der Waals surface area contributed by atoms with Crippen LogP contribution < -0.4 is 0 Å². The highest BCUT2D eigenvalue weighted by Crippen LogP contribution is 2.03. The Labute approximate surface area is 48.2 Å². The van der Waals surface area contributed by atoms with Gasteiger partial charge in [-0.1, -0.05) is 13.3 Å². The predicted molar refractivity (Wildman–Crippen MR) is 29.8 cm³/mol. The van der Waals surface area contributed by atoms with Crippen molar-refractivity contribution in [2.45, 2.75) is 26.2 Å². The van der Waals surface area contributed by atoms with E-state index in [1.165, 1.54) is 5.94 Å². The fourth-order valence-corrected chi connectivity index (χ4v) is 0.383. The first kappa shape index (κ1) is 7.38. The summed E-state index contributed by atoms with van der Waals surface area (Å²) in [5.41, 5.74) is 0. The van der Waals surface area contributed by atoms with Crippen LogP contribution >= 0.6 is 0 Å². The monoisotopic (exact) mass is 116 g/mol. The van der Waals surface area contributed by atoms with E-state index in [1.54, 1.807) is 0 Å². The molecule has 0 rings (SSSR count). The Bertz CT molecular complexity index is 103. The molecule has 0 saturated heterocycles. The normalized spacial score (nSPS) is 8.25. The zero-order chi connectivity index (χ0) is 6.41. The Morgan fingerprint density at radius 3 is 2.75 bits per heavy atom. The zero-order valence-electron chi connectivity index (χ0n) is 4.91. The van der Waals surface area contributed by atoms with E-state index in [9.17, 15) is 9.18 Å². The molecular formula is C6H9FO. The highest BCUT2D eigenvalue weighted by Gasteiger charge is 1.91. The molecule has 0 aliphatic heterocycles. The van der Waals surface area contributed by atoms with Crippen molar-refractivity contribution in [3.05, 3.63) is 5.83 Å². The lowest BCUT2D eigenvalue weighted by Gasteiger charge is -1.86. The number of allylic oxidation sites excluding steroid dienone is 1. The zero-order valence-corrected chi connectivity index (χ0v) is 4.91. The fraction of sp³-hybridized carbons (Fsp3) is 0.667. The van der Waals surface area contributed by atoms with E-state index >= 15 is 0 Å². The molecule has 46 valence electrons. The molecule has 1 nitrogen and oxygen atoms in total. The third kappa shape index (κ3) is 3.57. The SMILES string of the molecule is CCCCC(F)=C=O. The maximum Gasteiger partial charge on any atom is 0.183 e. The minimum atomic E-state index is -0.660. The van der Waals surface area contributed by atoms with E-state index in [-0.39, 0.29) is 6.42 Å². The average molecular weight is 116 g/mol. The number of hydrogen-bond donors (Lipinski definition) is 0. The first-order valence-corrected chi connectivity index (χ1v) is 2.70. The lowest BCUT2D eigenvalue weighted by molar-refractivity contribution is 0.532. The molecule has 0 aromatic carbocycles. The van der Waals surface area contributed by atoms with Crippen LogP contribution in [-0.4, -0.2) is 5.94 Å². The van der Waals surface area contributed by atoms with Gasteiger partial charge in [0.05, 0.1) is 0 Å². The molecule has 8 heavy (non-hydrogen) atoms.